The van der Waals surface area contributed by atoms with Crippen molar-refractivity contribution in [1.29, 1.82) is 0 Å². The number of hydrogen-bond acceptors (Lipinski definition) is 4. The molecule has 2 fully saturated rings. The summed E-state index contributed by atoms with van der Waals surface area (Å²) in [4.78, 5) is 16.4. The lowest BCUT2D eigenvalue weighted by molar-refractivity contribution is -0.120. The molecule has 134 valence electrons. The number of benzene rings is 1. The molecule has 0 spiro atoms. The smallest absolute Gasteiger partial charge is 0.232 e. The summed E-state index contributed by atoms with van der Waals surface area (Å²) in [5.74, 6) is 0.751. The van der Waals surface area contributed by atoms with Crippen LogP contribution < -0.4 is 10.2 Å². The SMILES string of the molecule is CCCCC1(N2CCN(c3cccc(Cl)c3)CC2)NC(=O)CS1.Cl. The Morgan fingerprint density at radius 2 is 2.04 bits per heavy atom. The van der Waals surface area contributed by atoms with Crippen molar-refractivity contribution in [3.8, 4) is 0 Å². The maximum absolute atomic E-state index is 11.8. The van der Waals surface area contributed by atoms with E-state index in [9.17, 15) is 4.79 Å². The minimum atomic E-state index is -0.187. The molecule has 1 aromatic carbocycles. The van der Waals surface area contributed by atoms with Gasteiger partial charge in [0.2, 0.25) is 5.91 Å². The Bertz CT molecular complexity index is 567. The molecule has 0 saturated carbocycles. The third-order valence-corrected chi connectivity index (χ3v) is 6.29. The van der Waals surface area contributed by atoms with Crippen LogP contribution >= 0.6 is 35.8 Å². The lowest BCUT2D eigenvalue weighted by atomic mass is 10.1. The number of nitrogens with one attached hydrogen (secondary N) is 1. The van der Waals surface area contributed by atoms with E-state index in [2.05, 4.69) is 28.1 Å². The fraction of sp³-hybridized carbons (Fsp3) is 0.588. The van der Waals surface area contributed by atoms with Crippen molar-refractivity contribution < 1.29 is 4.79 Å². The average Bonchev–Trinajstić information content (AvgIpc) is 2.95. The Hall–Kier alpha value is -0.620. The molecule has 24 heavy (non-hydrogen) atoms. The first-order chi connectivity index (χ1) is 11.1. The molecule has 2 saturated heterocycles. The van der Waals surface area contributed by atoms with E-state index >= 15 is 0 Å². The highest BCUT2D eigenvalue weighted by Crippen LogP contribution is 2.37. The number of nitrogens with zero attached hydrogens (tertiary/aromatic N) is 2. The van der Waals surface area contributed by atoms with Crippen molar-refractivity contribution >= 4 is 47.4 Å². The molecule has 3 rings (SSSR count). The van der Waals surface area contributed by atoms with Crippen molar-refractivity contribution in [1.82, 2.24) is 10.2 Å². The Kier molecular flexibility index (Phi) is 7.10. The Labute approximate surface area is 159 Å². The molecule has 1 amide bonds. The van der Waals surface area contributed by atoms with E-state index < -0.39 is 0 Å². The number of thioether (sulfide) groups is 1. The molecule has 1 N–H and O–H groups in total. The summed E-state index contributed by atoms with van der Waals surface area (Å²) >= 11 is 7.87. The van der Waals surface area contributed by atoms with Crippen LogP contribution in [-0.4, -0.2) is 47.7 Å². The molecule has 1 atom stereocenters. The number of carbonyl (C=O) groups excluding carboxylic acids is 1. The van der Waals surface area contributed by atoms with Crippen LogP contribution in [0, 0.1) is 0 Å². The Balaban J connectivity index is 0.00000208. The first-order valence-corrected chi connectivity index (χ1v) is 9.70. The molecule has 0 aliphatic carbocycles. The predicted octanol–water partition coefficient (Wildman–Crippen LogP) is 3.59. The highest BCUT2D eigenvalue weighted by atomic mass is 35.5. The van der Waals surface area contributed by atoms with Crippen LogP contribution in [0.5, 0.6) is 0 Å². The minimum absolute atomic E-state index is 0. The predicted molar refractivity (Wildman–Crippen MR) is 105 cm³/mol. The fourth-order valence-corrected chi connectivity index (χ4v) is 4.82. The number of rotatable bonds is 5. The van der Waals surface area contributed by atoms with E-state index in [1.54, 1.807) is 11.8 Å². The van der Waals surface area contributed by atoms with Crippen LogP contribution in [0.4, 0.5) is 5.69 Å². The van der Waals surface area contributed by atoms with Gasteiger partial charge in [0.1, 0.15) is 4.99 Å². The number of halogens is 2. The summed E-state index contributed by atoms with van der Waals surface area (Å²) in [7, 11) is 0. The van der Waals surface area contributed by atoms with E-state index in [-0.39, 0.29) is 23.3 Å². The number of piperazine rings is 1. The van der Waals surface area contributed by atoms with E-state index in [4.69, 9.17) is 11.6 Å². The zero-order chi connectivity index (χ0) is 16.3. The van der Waals surface area contributed by atoms with Gasteiger partial charge in [0, 0.05) is 36.9 Å². The normalized spacial score (nSPS) is 24.6. The summed E-state index contributed by atoms with van der Waals surface area (Å²) in [5.41, 5.74) is 1.18. The van der Waals surface area contributed by atoms with Crippen molar-refractivity contribution in [2.45, 2.75) is 31.2 Å². The summed E-state index contributed by atoms with van der Waals surface area (Å²) in [6.45, 7) is 6.05. The maximum atomic E-state index is 11.8. The van der Waals surface area contributed by atoms with E-state index in [1.165, 1.54) is 5.69 Å². The standard InChI is InChI=1S/C17H24ClN3OS.ClH/c1-2-3-7-17(19-16(22)13-23-17)21-10-8-20(9-11-21)15-6-4-5-14(18)12-15;/h4-6,12H,2-3,7-11,13H2,1H3,(H,19,22);1H. The van der Waals surface area contributed by atoms with Gasteiger partial charge in [-0.1, -0.05) is 31.0 Å². The minimum Gasteiger partial charge on any atom is -0.369 e. The number of amides is 1. The Morgan fingerprint density at radius 3 is 2.62 bits per heavy atom. The van der Waals surface area contributed by atoms with Crippen LogP contribution in [0.25, 0.3) is 0 Å². The van der Waals surface area contributed by atoms with Gasteiger partial charge in [-0.15, -0.1) is 24.2 Å². The number of hydrogen-bond donors (Lipinski definition) is 1. The van der Waals surface area contributed by atoms with Crippen LogP contribution in [0.3, 0.4) is 0 Å². The molecule has 2 heterocycles. The molecule has 2 aliphatic rings. The van der Waals surface area contributed by atoms with E-state index in [0.717, 1.165) is 50.5 Å². The molecule has 1 aromatic rings. The molecule has 2 aliphatic heterocycles. The van der Waals surface area contributed by atoms with Gasteiger partial charge in [0.25, 0.3) is 0 Å². The van der Waals surface area contributed by atoms with E-state index in [1.807, 2.05) is 18.2 Å². The second-order valence-electron chi connectivity index (χ2n) is 6.18. The molecular formula is C17H25Cl2N3OS. The summed E-state index contributed by atoms with van der Waals surface area (Å²) in [5, 5.41) is 4.03. The lowest BCUT2D eigenvalue weighted by Crippen LogP contribution is -2.60. The van der Waals surface area contributed by atoms with Gasteiger partial charge in [-0.05, 0) is 31.0 Å². The molecular weight excluding hydrogens is 365 g/mol. The first kappa shape index (κ1) is 19.7. The first-order valence-electron chi connectivity index (χ1n) is 8.33. The maximum Gasteiger partial charge on any atom is 0.232 e. The third kappa shape index (κ3) is 4.31. The molecule has 0 bridgehead atoms. The number of carbonyl (C=O) groups is 1. The van der Waals surface area contributed by atoms with Crippen molar-refractivity contribution in [2.75, 3.05) is 36.8 Å². The number of unbranched alkanes of at least 4 members (excludes halogenated alkanes) is 1. The summed E-state index contributed by atoms with van der Waals surface area (Å²) in [6, 6.07) is 8.04. The van der Waals surface area contributed by atoms with Crippen LogP contribution in [0.2, 0.25) is 5.02 Å². The van der Waals surface area contributed by atoms with E-state index in [0.29, 0.717) is 5.75 Å². The second-order valence-corrected chi connectivity index (χ2v) is 7.87. The van der Waals surface area contributed by atoms with Crippen LogP contribution in [0.1, 0.15) is 26.2 Å². The number of anilines is 1. The van der Waals surface area contributed by atoms with Gasteiger partial charge in [0.05, 0.1) is 5.75 Å². The van der Waals surface area contributed by atoms with Gasteiger partial charge in [-0.3, -0.25) is 9.69 Å². The van der Waals surface area contributed by atoms with Crippen molar-refractivity contribution in [2.24, 2.45) is 0 Å². The highest BCUT2D eigenvalue weighted by Gasteiger charge is 2.44. The van der Waals surface area contributed by atoms with Crippen molar-refractivity contribution in [3.05, 3.63) is 29.3 Å². The van der Waals surface area contributed by atoms with Crippen LogP contribution in [-0.2, 0) is 4.79 Å². The lowest BCUT2D eigenvalue weighted by Gasteiger charge is -2.45. The highest BCUT2D eigenvalue weighted by molar-refractivity contribution is 8.01. The third-order valence-electron chi connectivity index (χ3n) is 4.61. The van der Waals surface area contributed by atoms with Gasteiger partial charge in [-0.2, -0.15) is 0 Å². The summed E-state index contributed by atoms with van der Waals surface area (Å²) in [6.07, 6.45) is 3.32. The average molecular weight is 390 g/mol. The van der Waals surface area contributed by atoms with Gasteiger partial charge in [-0.25, -0.2) is 0 Å². The molecule has 0 aromatic heterocycles. The molecule has 4 nitrogen and oxygen atoms in total. The zero-order valence-corrected chi connectivity index (χ0v) is 16.4. The van der Waals surface area contributed by atoms with Crippen LogP contribution in [0.15, 0.2) is 24.3 Å². The molecule has 1 unspecified atom stereocenters. The Morgan fingerprint density at radius 1 is 1.29 bits per heavy atom. The fourth-order valence-electron chi connectivity index (χ4n) is 3.35. The zero-order valence-electron chi connectivity index (χ0n) is 14.0. The molecule has 7 heteroatoms. The topological polar surface area (TPSA) is 35.6 Å². The second kappa shape index (κ2) is 8.65. The largest absolute Gasteiger partial charge is 0.369 e. The quantitative estimate of drug-likeness (QED) is 0.834. The molecule has 0 radical (unpaired) electrons. The van der Waals surface area contributed by atoms with Gasteiger partial charge < -0.3 is 10.2 Å². The monoisotopic (exact) mass is 389 g/mol. The van der Waals surface area contributed by atoms with Gasteiger partial charge in [0.15, 0.2) is 0 Å². The van der Waals surface area contributed by atoms with Gasteiger partial charge >= 0.3 is 0 Å². The summed E-state index contributed by atoms with van der Waals surface area (Å²) < 4.78 is 0. The van der Waals surface area contributed by atoms with Crippen molar-refractivity contribution in [3.63, 3.8) is 0 Å².